The molecule has 0 saturated carbocycles. The van der Waals surface area contributed by atoms with Gasteiger partial charge in [0.05, 0.1) is 17.8 Å². The molecule has 1 aromatic carbocycles. The van der Waals surface area contributed by atoms with Gasteiger partial charge in [-0.3, -0.25) is 9.89 Å². The number of hydrogen-bond acceptors (Lipinski definition) is 4. The quantitative estimate of drug-likeness (QED) is 0.858. The second-order valence-electron chi connectivity index (χ2n) is 4.17. The lowest BCUT2D eigenvalue weighted by Gasteiger charge is -2.15. The SMILES string of the molecule is CC(Oc1ccccc1C#N)C(=O)NCc1ccn[nH]1. The maximum atomic E-state index is 11.9. The molecule has 6 heteroatoms. The third-order valence-corrected chi connectivity index (χ3v) is 2.69. The van der Waals surface area contributed by atoms with E-state index >= 15 is 0 Å². The van der Waals surface area contributed by atoms with E-state index in [9.17, 15) is 4.79 Å². The number of H-pyrrole nitrogens is 1. The molecule has 6 nitrogen and oxygen atoms in total. The van der Waals surface area contributed by atoms with Crippen LogP contribution in [-0.2, 0) is 11.3 Å². The van der Waals surface area contributed by atoms with Crippen LogP contribution in [0, 0.1) is 11.3 Å². The number of rotatable bonds is 5. The Morgan fingerprint density at radius 3 is 3.00 bits per heavy atom. The maximum absolute atomic E-state index is 11.9. The van der Waals surface area contributed by atoms with Crippen LogP contribution in [-0.4, -0.2) is 22.2 Å². The molecule has 1 unspecified atom stereocenters. The summed E-state index contributed by atoms with van der Waals surface area (Å²) in [5.41, 5.74) is 1.21. The van der Waals surface area contributed by atoms with Crippen molar-refractivity contribution in [2.24, 2.45) is 0 Å². The summed E-state index contributed by atoms with van der Waals surface area (Å²) in [7, 11) is 0. The predicted octanol–water partition coefficient (Wildman–Crippen LogP) is 1.37. The summed E-state index contributed by atoms with van der Waals surface area (Å²) in [5, 5.41) is 18.2. The van der Waals surface area contributed by atoms with Gasteiger partial charge in [-0.2, -0.15) is 10.4 Å². The Morgan fingerprint density at radius 2 is 2.30 bits per heavy atom. The lowest BCUT2D eigenvalue weighted by atomic mass is 10.2. The highest BCUT2D eigenvalue weighted by Gasteiger charge is 2.16. The number of nitrogens with zero attached hydrogens (tertiary/aromatic N) is 2. The molecular formula is C14H14N4O2. The number of ether oxygens (including phenoxy) is 1. The normalized spacial score (nSPS) is 11.4. The Kier molecular flexibility index (Phi) is 4.35. The number of carbonyl (C=O) groups excluding carboxylic acids is 1. The number of amides is 1. The molecule has 0 aliphatic heterocycles. The minimum absolute atomic E-state index is 0.257. The fraction of sp³-hybridized carbons (Fsp3) is 0.214. The zero-order valence-electron chi connectivity index (χ0n) is 11.0. The lowest BCUT2D eigenvalue weighted by molar-refractivity contribution is -0.127. The number of nitriles is 1. The molecule has 2 rings (SSSR count). The van der Waals surface area contributed by atoms with Crippen molar-refractivity contribution in [2.75, 3.05) is 0 Å². The van der Waals surface area contributed by atoms with Gasteiger partial charge in [0.1, 0.15) is 11.8 Å². The zero-order valence-corrected chi connectivity index (χ0v) is 11.0. The van der Waals surface area contributed by atoms with Crippen LogP contribution in [0.2, 0.25) is 0 Å². The molecule has 0 aliphatic carbocycles. The smallest absolute Gasteiger partial charge is 0.261 e. The third-order valence-electron chi connectivity index (χ3n) is 2.69. The summed E-state index contributed by atoms with van der Waals surface area (Å²) in [4.78, 5) is 11.9. The monoisotopic (exact) mass is 270 g/mol. The average molecular weight is 270 g/mol. The molecule has 0 radical (unpaired) electrons. The van der Waals surface area contributed by atoms with Crippen LogP contribution >= 0.6 is 0 Å². The van der Waals surface area contributed by atoms with Gasteiger partial charge in [-0.25, -0.2) is 0 Å². The van der Waals surface area contributed by atoms with Crippen LogP contribution in [0.5, 0.6) is 5.75 Å². The fourth-order valence-corrected chi connectivity index (χ4v) is 1.61. The number of carbonyl (C=O) groups is 1. The number of aromatic nitrogens is 2. The van der Waals surface area contributed by atoms with Crippen LogP contribution in [0.15, 0.2) is 36.5 Å². The van der Waals surface area contributed by atoms with Gasteiger partial charge in [-0.1, -0.05) is 12.1 Å². The molecule has 0 saturated heterocycles. The van der Waals surface area contributed by atoms with E-state index in [2.05, 4.69) is 15.5 Å². The standard InChI is InChI=1S/C14H14N4O2/c1-10(14(19)16-9-12-6-7-17-18-12)20-13-5-3-2-4-11(13)8-15/h2-7,10H,9H2,1H3,(H,16,19)(H,17,18). The minimum Gasteiger partial charge on any atom is -0.480 e. The molecule has 0 fully saturated rings. The molecule has 0 bridgehead atoms. The fourth-order valence-electron chi connectivity index (χ4n) is 1.61. The van der Waals surface area contributed by atoms with Gasteiger partial charge in [0.15, 0.2) is 6.10 Å². The summed E-state index contributed by atoms with van der Waals surface area (Å²) < 4.78 is 5.51. The molecule has 102 valence electrons. The number of hydrogen-bond donors (Lipinski definition) is 2. The zero-order chi connectivity index (χ0) is 14.4. The van der Waals surface area contributed by atoms with E-state index < -0.39 is 6.10 Å². The first-order valence-electron chi connectivity index (χ1n) is 6.12. The first-order chi connectivity index (χ1) is 9.70. The van der Waals surface area contributed by atoms with Crippen LogP contribution in [0.1, 0.15) is 18.2 Å². The van der Waals surface area contributed by atoms with E-state index in [-0.39, 0.29) is 5.91 Å². The Labute approximate surface area is 116 Å². The summed E-state index contributed by atoms with van der Waals surface area (Å²) in [6.45, 7) is 1.99. The molecular weight excluding hydrogens is 256 g/mol. The summed E-state index contributed by atoms with van der Waals surface area (Å²) in [5.74, 6) is 0.145. The first kappa shape index (κ1) is 13.6. The van der Waals surface area contributed by atoms with Crippen molar-refractivity contribution in [1.29, 1.82) is 5.26 Å². The van der Waals surface area contributed by atoms with E-state index in [1.165, 1.54) is 0 Å². The lowest BCUT2D eigenvalue weighted by Crippen LogP contribution is -2.36. The Bertz CT molecular complexity index is 616. The molecule has 1 atom stereocenters. The molecule has 1 amide bonds. The van der Waals surface area contributed by atoms with Crippen molar-refractivity contribution in [3.05, 3.63) is 47.8 Å². The maximum Gasteiger partial charge on any atom is 0.261 e. The van der Waals surface area contributed by atoms with Gasteiger partial charge >= 0.3 is 0 Å². The topological polar surface area (TPSA) is 90.8 Å². The van der Waals surface area contributed by atoms with Crippen molar-refractivity contribution >= 4 is 5.91 Å². The Morgan fingerprint density at radius 1 is 1.50 bits per heavy atom. The summed E-state index contributed by atoms with van der Waals surface area (Å²) >= 11 is 0. The highest BCUT2D eigenvalue weighted by Crippen LogP contribution is 2.18. The van der Waals surface area contributed by atoms with Crippen molar-refractivity contribution in [2.45, 2.75) is 19.6 Å². The van der Waals surface area contributed by atoms with Gasteiger partial charge in [0, 0.05) is 6.20 Å². The Hall–Kier alpha value is -2.81. The van der Waals surface area contributed by atoms with Gasteiger partial charge < -0.3 is 10.1 Å². The summed E-state index contributed by atoms with van der Waals surface area (Å²) in [6, 6.07) is 10.6. The van der Waals surface area contributed by atoms with Gasteiger partial charge in [0.2, 0.25) is 0 Å². The second kappa shape index (κ2) is 6.38. The van der Waals surface area contributed by atoms with Crippen molar-refractivity contribution in [3.8, 4) is 11.8 Å². The first-order valence-corrected chi connectivity index (χ1v) is 6.12. The van der Waals surface area contributed by atoms with E-state index in [1.807, 2.05) is 6.07 Å². The number of nitrogens with one attached hydrogen (secondary N) is 2. The van der Waals surface area contributed by atoms with Crippen LogP contribution in [0.25, 0.3) is 0 Å². The van der Waals surface area contributed by atoms with E-state index in [0.717, 1.165) is 5.69 Å². The largest absolute Gasteiger partial charge is 0.480 e. The number of benzene rings is 1. The average Bonchev–Trinajstić information content (AvgIpc) is 2.98. The number of para-hydroxylation sites is 1. The molecule has 0 spiro atoms. The van der Waals surface area contributed by atoms with Crippen molar-refractivity contribution in [1.82, 2.24) is 15.5 Å². The Balaban J connectivity index is 1.92. The molecule has 20 heavy (non-hydrogen) atoms. The molecule has 2 aromatic rings. The minimum atomic E-state index is -0.688. The second-order valence-corrected chi connectivity index (χ2v) is 4.17. The predicted molar refractivity (Wildman–Crippen MR) is 71.7 cm³/mol. The third kappa shape index (κ3) is 3.36. The molecule has 0 aliphatic rings. The summed E-state index contributed by atoms with van der Waals surface area (Å²) in [6.07, 6.45) is 0.928. The van der Waals surface area contributed by atoms with Crippen LogP contribution < -0.4 is 10.1 Å². The van der Waals surface area contributed by atoms with Crippen LogP contribution in [0.4, 0.5) is 0 Å². The number of aromatic amines is 1. The van der Waals surface area contributed by atoms with Crippen molar-refractivity contribution in [3.63, 3.8) is 0 Å². The molecule has 1 aromatic heterocycles. The molecule has 1 heterocycles. The molecule has 2 N–H and O–H groups in total. The highest BCUT2D eigenvalue weighted by atomic mass is 16.5. The van der Waals surface area contributed by atoms with E-state index in [4.69, 9.17) is 10.00 Å². The van der Waals surface area contributed by atoms with E-state index in [0.29, 0.717) is 17.9 Å². The van der Waals surface area contributed by atoms with Gasteiger partial charge in [-0.15, -0.1) is 0 Å². The van der Waals surface area contributed by atoms with Crippen LogP contribution in [0.3, 0.4) is 0 Å². The van der Waals surface area contributed by atoms with Crippen molar-refractivity contribution < 1.29 is 9.53 Å². The highest BCUT2D eigenvalue weighted by molar-refractivity contribution is 5.80. The van der Waals surface area contributed by atoms with Gasteiger partial charge in [-0.05, 0) is 25.1 Å². The van der Waals surface area contributed by atoms with E-state index in [1.54, 1.807) is 43.5 Å². The van der Waals surface area contributed by atoms with Gasteiger partial charge in [0.25, 0.3) is 5.91 Å².